The van der Waals surface area contributed by atoms with Gasteiger partial charge in [0.05, 0.1) is 41.3 Å². The number of esters is 2. The van der Waals surface area contributed by atoms with Crippen molar-refractivity contribution < 1.29 is 28.0 Å². The van der Waals surface area contributed by atoms with E-state index in [1.165, 1.54) is 21.6 Å². The number of carbonyl (C=O) groups is 2. The second kappa shape index (κ2) is 13.7. The topological polar surface area (TPSA) is 52.6 Å². The molecule has 0 rings (SSSR count). The van der Waals surface area contributed by atoms with Gasteiger partial charge in [-0.05, 0) is 12.8 Å². The molecule has 0 aliphatic rings. The zero-order chi connectivity index (χ0) is 20.1. The number of nitrogens with zero attached hydrogens (tertiary/aromatic N) is 2. The van der Waals surface area contributed by atoms with Crippen LogP contribution < -0.4 is 0 Å². The third-order valence-electron chi connectivity index (χ3n) is 4.01. The molecule has 0 N–H and O–H groups in total. The number of hydrogen-bond donors (Lipinski definition) is 0. The Morgan fingerprint density at radius 2 is 1.04 bits per heavy atom. The molecular weight excluding hydrogens is 372 g/mol. The number of carbonyl (C=O) groups excluding carboxylic acids is 2. The molecule has 0 spiro atoms. The van der Waals surface area contributed by atoms with Crippen molar-refractivity contribution in [2.24, 2.45) is 0 Å². The maximum atomic E-state index is 11.7. The molecule has 26 heavy (non-hydrogen) atoms. The molecule has 0 heterocycles. The molecule has 0 saturated carbocycles. The van der Waals surface area contributed by atoms with E-state index in [-0.39, 0.29) is 23.4 Å². The predicted octanol–water partition coefficient (Wildman–Crippen LogP) is 2.43. The largest absolute Gasteiger partial charge is 0.459 e. The van der Waals surface area contributed by atoms with Crippen LogP contribution >= 0.6 is 21.6 Å². The highest BCUT2D eigenvalue weighted by atomic mass is 33.1. The summed E-state index contributed by atoms with van der Waals surface area (Å²) in [6.07, 6.45) is 2.22. The molecular formula is C18H38N2O4S2+2. The fourth-order valence-corrected chi connectivity index (χ4v) is 4.11. The number of quaternary nitrogens is 2. The van der Waals surface area contributed by atoms with Gasteiger partial charge in [0, 0.05) is 0 Å². The van der Waals surface area contributed by atoms with Crippen molar-refractivity contribution in [1.82, 2.24) is 0 Å². The lowest BCUT2D eigenvalue weighted by molar-refractivity contribution is -0.890. The molecule has 0 radical (unpaired) electrons. The third-order valence-corrected chi connectivity index (χ3v) is 6.09. The van der Waals surface area contributed by atoms with E-state index in [1.54, 1.807) is 0 Å². The minimum atomic E-state index is -0.231. The maximum Gasteiger partial charge on any atom is 0.316 e. The van der Waals surface area contributed by atoms with E-state index in [0.717, 1.165) is 48.0 Å². The summed E-state index contributed by atoms with van der Waals surface area (Å²) in [6, 6.07) is 0. The highest BCUT2D eigenvalue weighted by Crippen LogP contribution is 2.21. The van der Waals surface area contributed by atoms with Crippen molar-refractivity contribution in [3.8, 4) is 0 Å². The number of likely N-dealkylation sites (N-methyl/N-ethyl adjacent to an activating group) is 2. The normalized spacial score (nSPS) is 12.1. The van der Waals surface area contributed by atoms with E-state index in [2.05, 4.69) is 42.0 Å². The SMILES string of the molecule is CCC[N+](C)(C)CCOC(=O)CSSCC(=O)OCC[N+](C)(C)CCC. The smallest absolute Gasteiger partial charge is 0.316 e. The first-order valence-corrected chi connectivity index (χ1v) is 11.8. The monoisotopic (exact) mass is 410 g/mol. The summed E-state index contributed by atoms with van der Waals surface area (Å²) < 4.78 is 12.2. The Hall–Kier alpha value is -0.440. The molecule has 0 unspecified atom stereocenters. The summed E-state index contributed by atoms with van der Waals surface area (Å²) >= 11 is 0. The molecule has 0 aromatic carbocycles. The van der Waals surface area contributed by atoms with Crippen molar-refractivity contribution in [3.05, 3.63) is 0 Å². The molecule has 0 aromatic rings. The van der Waals surface area contributed by atoms with Gasteiger partial charge in [-0.3, -0.25) is 9.59 Å². The van der Waals surface area contributed by atoms with Crippen LogP contribution in [0, 0.1) is 0 Å². The van der Waals surface area contributed by atoms with Crippen LogP contribution in [0.25, 0.3) is 0 Å². The van der Waals surface area contributed by atoms with Gasteiger partial charge in [0.15, 0.2) is 0 Å². The molecule has 0 bridgehead atoms. The van der Waals surface area contributed by atoms with Crippen molar-refractivity contribution >= 4 is 33.5 Å². The lowest BCUT2D eigenvalue weighted by Crippen LogP contribution is -2.43. The van der Waals surface area contributed by atoms with E-state index < -0.39 is 0 Å². The minimum absolute atomic E-state index is 0.231. The summed E-state index contributed by atoms with van der Waals surface area (Å²) in [5.74, 6) is 0.0380. The van der Waals surface area contributed by atoms with Gasteiger partial charge < -0.3 is 18.4 Å². The van der Waals surface area contributed by atoms with Crippen molar-refractivity contribution in [2.75, 3.05) is 79.1 Å². The van der Waals surface area contributed by atoms with Gasteiger partial charge in [-0.25, -0.2) is 0 Å². The van der Waals surface area contributed by atoms with Crippen LogP contribution in [-0.4, -0.2) is 100.0 Å². The summed E-state index contributed by atoms with van der Waals surface area (Å²) in [5.41, 5.74) is 0. The molecule has 0 saturated heterocycles. The molecule has 0 aromatic heterocycles. The van der Waals surface area contributed by atoms with Crippen LogP contribution in [0.2, 0.25) is 0 Å². The van der Waals surface area contributed by atoms with Crippen molar-refractivity contribution in [2.45, 2.75) is 26.7 Å². The quantitative estimate of drug-likeness (QED) is 0.179. The molecule has 0 fully saturated rings. The van der Waals surface area contributed by atoms with Gasteiger partial charge in [0.1, 0.15) is 37.8 Å². The van der Waals surface area contributed by atoms with Crippen LogP contribution in [0.4, 0.5) is 0 Å². The van der Waals surface area contributed by atoms with E-state index >= 15 is 0 Å². The summed E-state index contributed by atoms with van der Waals surface area (Å²) in [4.78, 5) is 23.4. The summed E-state index contributed by atoms with van der Waals surface area (Å²) in [7, 11) is 11.2. The Bertz CT molecular complexity index is 380. The van der Waals surface area contributed by atoms with E-state index in [9.17, 15) is 9.59 Å². The number of rotatable bonds is 15. The Morgan fingerprint density at radius 3 is 1.35 bits per heavy atom. The lowest BCUT2D eigenvalue weighted by atomic mass is 10.4. The Kier molecular flexibility index (Phi) is 13.5. The summed E-state index contributed by atoms with van der Waals surface area (Å²) in [6.45, 7) is 8.94. The predicted molar refractivity (Wildman–Crippen MR) is 111 cm³/mol. The van der Waals surface area contributed by atoms with Gasteiger partial charge in [-0.2, -0.15) is 0 Å². The van der Waals surface area contributed by atoms with Gasteiger partial charge in [0.25, 0.3) is 0 Å². The molecule has 0 atom stereocenters. The first kappa shape index (κ1) is 25.6. The average molecular weight is 411 g/mol. The van der Waals surface area contributed by atoms with Crippen molar-refractivity contribution in [1.29, 1.82) is 0 Å². The molecule has 154 valence electrons. The lowest BCUT2D eigenvalue weighted by Gasteiger charge is -2.29. The molecule has 0 aliphatic carbocycles. The Balaban J connectivity index is 3.69. The fraction of sp³-hybridized carbons (Fsp3) is 0.889. The minimum Gasteiger partial charge on any atom is -0.459 e. The zero-order valence-electron chi connectivity index (χ0n) is 17.4. The highest BCUT2D eigenvalue weighted by Gasteiger charge is 2.16. The second-order valence-electron chi connectivity index (χ2n) is 7.73. The van der Waals surface area contributed by atoms with Crippen LogP contribution in [-0.2, 0) is 19.1 Å². The first-order chi connectivity index (χ1) is 12.1. The van der Waals surface area contributed by atoms with Gasteiger partial charge in [0.2, 0.25) is 0 Å². The zero-order valence-corrected chi connectivity index (χ0v) is 19.0. The van der Waals surface area contributed by atoms with E-state index in [4.69, 9.17) is 9.47 Å². The maximum absolute atomic E-state index is 11.7. The van der Waals surface area contributed by atoms with Gasteiger partial charge >= 0.3 is 11.9 Å². The number of hydrogen-bond acceptors (Lipinski definition) is 6. The third kappa shape index (κ3) is 14.7. The van der Waals surface area contributed by atoms with Crippen LogP contribution in [0.5, 0.6) is 0 Å². The van der Waals surface area contributed by atoms with Gasteiger partial charge in [-0.1, -0.05) is 35.4 Å². The number of ether oxygens (including phenoxy) is 2. The van der Waals surface area contributed by atoms with Crippen LogP contribution in [0.3, 0.4) is 0 Å². The average Bonchev–Trinajstić information content (AvgIpc) is 2.51. The van der Waals surface area contributed by atoms with E-state index in [1.807, 2.05) is 0 Å². The second-order valence-corrected chi connectivity index (χ2v) is 10.2. The Labute approximate surface area is 167 Å². The molecule has 0 aliphatic heterocycles. The van der Waals surface area contributed by atoms with Crippen molar-refractivity contribution in [3.63, 3.8) is 0 Å². The standard InChI is InChI=1S/C18H38N2O4S2/c1-7-9-19(3,4)11-13-23-17(21)15-25-26-16-18(22)24-14-12-20(5,6)10-8-2/h7-16H2,1-6H3/q+2. The highest BCUT2D eigenvalue weighted by molar-refractivity contribution is 8.77. The summed E-state index contributed by atoms with van der Waals surface area (Å²) in [5, 5.41) is 0. The fourth-order valence-electron chi connectivity index (χ4n) is 2.51. The van der Waals surface area contributed by atoms with Crippen LogP contribution in [0.1, 0.15) is 26.7 Å². The molecule has 6 nitrogen and oxygen atoms in total. The van der Waals surface area contributed by atoms with E-state index in [0.29, 0.717) is 13.2 Å². The van der Waals surface area contributed by atoms with Crippen LogP contribution in [0.15, 0.2) is 0 Å². The molecule has 8 heteroatoms. The van der Waals surface area contributed by atoms with Gasteiger partial charge in [-0.15, -0.1) is 0 Å². The first-order valence-electron chi connectivity index (χ1n) is 9.31. The molecule has 0 amide bonds. The Morgan fingerprint density at radius 1 is 0.692 bits per heavy atom.